The second-order valence-corrected chi connectivity index (χ2v) is 51.0. The van der Waals surface area contributed by atoms with E-state index in [4.69, 9.17) is 19.7 Å². The first-order chi connectivity index (χ1) is 63.5. The smallest absolute Gasteiger partial charge is 0.174 e. The number of benzene rings is 7. The van der Waals surface area contributed by atoms with E-state index in [0.29, 0.717) is 0 Å². The second-order valence-electron chi connectivity index (χ2n) is 41.9. The van der Waals surface area contributed by atoms with E-state index in [1.54, 1.807) is 0 Å². The van der Waals surface area contributed by atoms with Crippen molar-refractivity contribution in [3.63, 3.8) is 0 Å². The maximum absolute atomic E-state index is 8.45. The molecule has 0 saturated carbocycles. The number of hydrogen-bond acceptors (Lipinski definition) is 11. The molecule has 0 amide bonds. The Bertz CT molecular complexity index is 3500. The van der Waals surface area contributed by atoms with Crippen LogP contribution in [0.1, 0.15) is 457 Å². The molecule has 0 atom stereocenters. The Kier molecular flexibility index (Phi) is 146. The molecular formula is C123H232N2O14S7. The summed E-state index contributed by atoms with van der Waals surface area (Å²) in [4.78, 5) is 4.71. The Labute approximate surface area is 935 Å². The van der Waals surface area contributed by atoms with Crippen molar-refractivity contribution in [2.24, 2.45) is 0 Å². The number of rotatable bonds is 52. The highest BCUT2D eigenvalue weighted by Gasteiger charge is 2.06. The summed E-state index contributed by atoms with van der Waals surface area (Å²) in [5.74, 6) is 3.30. The summed E-state index contributed by atoms with van der Waals surface area (Å²) < 4.78 is 12.1. The van der Waals surface area contributed by atoms with Gasteiger partial charge in [0.05, 0.1) is 12.1 Å². The van der Waals surface area contributed by atoms with Crippen molar-refractivity contribution >= 4 is 109 Å². The number of thiol groups is 6. The van der Waals surface area contributed by atoms with Crippen molar-refractivity contribution in [2.45, 2.75) is 490 Å². The van der Waals surface area contributed by atoms with Crippen LogP contribution in [0.2, 0.25) is 0 Å². The van der Waals surface area contributed by atoms with E-state index in [0.717, 1.165) is 37.3 Å². The molecule has 0 saturated heterocycles. The molecule has 8 rings (SSSR count). The molecular weight excluding hydrogens is 1950 g/mol. The minimum absolute atomic E-state index is 0. The Morgan fingerprint density at radius 3 is 0.897 bits per heavy atom. The number of fused-ring (bicyclic) bond motifs is 2. The summed E-state index contributed by atoms with van der Waals surface area (Å²) >= 11 is 26.8. The van der Waals surface area contributed by atoms with Crippen molar-refractivity contribution in [3.05, 3.63) is 228 Å². The molecule has 8 aromatic rings. The molecule has 7 aromatic carbocycles. The average molecular weight is 2190 g/mol. The molecule has 1 heterocycles. The van der Waals surface area contributed by atoms with E-state index in [1.165, 1.54) is 331 Å². The number of aryl methyl sites for hydroxylation is 4. The van der Waals surface area contributed by atoms with Gasteiger partial charge in [-0.1, -0.05) is 554 Å². The Balaban J connectivity index is -0.0000000923. The van der Waals surface area contributed by atoms with Gasteiger partial charge in [0.1, 0.15) is 11.8 Å². The van der Waals surface area contributed by atoms with Gasteiger partial charge in [-0.15, -0.1) is 0 Å². The third kappa shape index (κ3) is 159. The molecule has 1 aromatic heterocycles. The highest BCUT2D eigenvalue weighted by molar-refractivity contribution is 7.98. The van der Waals surface area contributed by atoms with E-state index >= 15 is 0 Å². The molecule has 23 heteroatoms. The van der Waals surface area contributed by atoms with Crippen LogP contribution in [-0.2, 0) is 42.8 Å². The normalized spacial score (nSPS) is 10.0. The highest BCUT2D eigenvalue weighted by Crippen LogP contribution is 2.23. The summed E-state index contributed by atoms with van der Waals surface area (Å²) in [7, 11) is 0. The van der Waals surface area contributed by atoms with Crippen LogP contribution in [0.5, 0.6) is 5.75 Å². The van der Waals surface area contributed by atoms with E-state index in [1.807, 2.05) is 30.3 Å². The number of ether oxygens (including phenoxy) is 2. The number of aromatic nitrogens is 1. The molecule has 0 aliphatic rings. The molecule has 24 N–H and O–H groups in total. The molecule has 0 spiro atoms. The van der Waals surface area contributed by atoms with Gasteiger partial charge >= 0.3 is 0 Å². The first-order valence-electron chi connectivity index (χ1n) is 53.0. The number of hydrogen-bond donors (Lipinski definition) is 6. The predicted octanol–water partition coefficient (Wildman–Crippen LogP) is 31.8. The summed E-state index contributed by atoms with van der Waals surface area (Å²) in [6.07, 6.45) is 59.7. The van der Waals surface area contributed by atoms with Crippen LogP contribution in [-0.4, -0.2) is 118 Å². The molecule has 0 fully saturated rings. The van der Waals surface area contributed by atoms with Crippen LogP contribution in [0.25, 0.3) is 21.7 Å². The molecule has 0 radical (unpaired) electrons. The minimum Gasteiger partial charge on any atom is -0.479 e. The number of nitriles is 1. The van der Waals surface area contributed by atoms with Crippen LogP contribution in [0.4, 0.5) is 0 Å². The van der Waals surface area contributed by atoms with Crippen molar-refractivity contribution in [3.8, 4) is 11.8 Å². The lowest BCUT2D eigenvalue weighted by molar-refractivity contribution is 0.116. The van der Waals surface area contributed by atoms with Gasteiger partial charge in [0.2, 0.25) is 0 Å². The van der Waals surface area contributed by atoms with E-state index in [-0.39, 0.29) is 101 Å². The van der Waals surface area contributed by atoms with Crippen molar-refractivity contribution < 1.29 is 75.2 Å². The monoisotopic (exact) mass is 2190 g/mol. The van der Waals surface area contributed by atoms with Crippen LogP contribution in [0, 0.1) is 11.3 Å². The van der Waals surface area contributed by atoms with Crippen LogP contribution in [0.15, 0.2) is 194 Å². The number of thioether (sulfide) groups is 1. The summed E-state index contributed by atoms with van der Waals surface area (Å²) in [5, 5.41) is 12.4. The molecule has 0 aliphatic heterocycles. The maximum atomic E-state index is 8.45. The van der Waals surface area contributed by atoms with Gasteiger partial charge in [-0.2, -0.15) is 92.8 Å². The first-order valence-corrected chi connectivity index (χ1v) is 56.8. The van der Waals surface area contributed by atoms with E-state index < -0.39 is 0 Å². The third-order valence-corrected chi connectivity index (χ3v) is 20.4. The predicted molar refractivity (Wildman–Crippen MR) is 678 cm³/mol. The van der Waals surface area contributed by atoms with Crippen LogP contribution >= 0.6 is 87.5 Å². The Morgan fingerprint density at radius 2 is 0.534 bits per heavy atom. The fourth-order valence-electron chi connectivity index (χ4n) is 12.8. The summed E-state index contributed by atoms with van der Waals surface area (Å²) in [6, 6.07) is 70.3. The van der Waals surface area contributed by atoms with Gasteiger partial charge in [-0.25, -0.2) is 0 Å². The molecule has 16 nitrogen and oxygen atoms in total. The zero-order valence-corrected chi connectivity index (χ0v) is 103. The van der Waals surface area contributed by atoms with Crippen molar-refractivity contribution in [1.29, 1.82) is 5.26 Å². The lowest BCUT2D eigenvalue weighted by Crippen LogP contribution is -1.99. The standard InChI is InChI=1S/C18H24.C17H23N.C17H28.C16H26O.C16H26S.C15H21NO.6C4H10S.12H2O/c1-2-3-4-5-6-7-10-16-13-14-17-11-8-9-12-18(17)15-16;1-2-3-4-5-6-7-11-16-14-13-15-10-8-9-12-17(15)18-16;1-2-3-4-5-6-7-8-9-11-14-17-15-12-10-13-16-17;2*1-2-3-4-5-6-7-11-14-17-15-16-12-9-8-10-13-16;1-2-3-4-5-6-8-14-9-7-10-15(13-14)17-12-11-16;6*1-4(2,3)5;;;;;;;;;;;;/h8-9,11-15H,2-7,10H2,1H3;8-10,12-14H,2-7,11H2,1H3;10,12-13,15-16H,2-9,11,14H2,1H3;2*8-10,12-13H,2-7,11,14-15H2,1H3;7,9-10,13H,2-6,8,12H2,1H3;6*5H,1-3H3;12*1H2. The van der Waals surface area contributed by atoms with E-state index in [9.17, 15) is 0 Å². The highest BCUT2D eigenvalue weighted by atomic mass is 32.2. The van der Waals surface area contributed by atoms with Crippen molar-refractivity contribution in [1.82, 2.24) is 4.98 Å². The molecule has 0 aliphatic carbocycles. The first kappa shape index (κ1) is 177. The molecule has 146 heavy (non-hydrogen) atoms. The van der Waals surface area contributed by atoms with Gasteiger partial charge in [-0.3, -0.25) is 4.98 Å². The van der Waals surface area contributed by atoms with Gasteiger partial charge in [0.15, 0.2) is 6.61 Å². The van der Waals surface area contributed by atoms with Gasteiger partial charge < -0.3 is 75.2 Å². The van der Waals surface area contributed by atoms with Crippen LogP contribution < -0.4 is 4.74 Å². The van der Waals surface area contributed by atoms with Gasteiger partial charge in [-0.05, 0) is 133 Å². The zero-order valence-electron chi connectivity index (χ0n) is 96.9. The summed E-state index contributed by atoms with van der Waals surface area (Å²) in [5.41, 5.74) is 9.39. The number of unbranched alkanes of at least 4 members (excludes halogenated alkanes) is 34. The quantitative estimate of drug-likeness (QED) is 0.0159. The van der Waals surface area contributed by atoms with Crippen molar-refractivity contribution in [2.75, 3.05) is 19.0 Å². The number of para-hydroxylation sites is 1. The topological polar surface area (TPSA) is 433 Å². The SMILES string of the molecule is CC(C)(C)S.CC(C)(C)S.CC(C)(C)S.CC(C)(C)S.CC(C)(C)S.CC(C)(C)S.CCCCCCCCCCCc1ccccc1.CCCCCCCCCOCc1ccccc1.CCCCCCCCCSCc1ccccc1.CCCCCCCCc1ccc2ccccc2c1.CCCCCCCCc1ccc2ccccc2n1.CCCCCCCc1cccc(OCC#N)c1.O.O.O.O.O.O.O.O.O.O.O.O. The molecule has 0 bridgehead atoms. The van der Waals surface area contributed by atoms with Gasteiger partial charge in [0.25, 0.3) is 0 Å². The van der Waals surface area contributed by atoms with Gasteiger partial charge in [0, 0.05) is 51.9 Å². The second kappa shape index (κ2) is 121. The van der Waals surface area contributed by atoms with Crippen LogP contribution in [0.3, 0.4) is 0 Å². The fourth-order valence-corrected chi connectivity index (χ4v) is 13.8. The Morgan fingerprint density at radius 1 is 0.260 bits per heavy atom. The maximum Gasteiger partial charge on any atom is 0.174 e. The minimum atomic E-state index is 0. The number of nitrogens with zero attached hydrogens (tertiary/aromatic N) is 2. The lowest BCUT2D eigenvalue weighted by atomic mass is 10.0. The molecule has 860 valence electrons. The summed E-state index contributed by atoms with van der Waals surface area (Å²) in [6.45, 7) is 52.3. The fraction of sp³-hybridized carbons (Fsp3) is 0.642. The molecule has 0 unspecified atom stereocenters. The Hall–Kier alpha value is -4.57. The largest absolute Gasteiger partial charge is 0.479 e. The number of pyridine rings is 1. The van der Waals surface area contributed by atoms with E-state index in [2.05, 4.69) is 424 Å². The zero-order chi connectivity index (χ0) is 101. The average Bonchev–Trinajstić information content (AvgIpc) is 0.848. The lowest BCUT2D eigenvalue weighted by Gasteiger charge is -2.05. The third-order valence-electron chi connectivity index (χ3n) is 19.3.